The van der Waals surface area contributed by atoms with Gasteiger partial charge in [-0.1, -0.05) is 24.3 Å². The molecule has 0 unspecified atom stereocenters. The predicted molar refractivity (Wildman–Crippen MR) is 115 cm³/mol. The average Bonchev–Trinajstić information content (AvgIpc) is 3.50. The molecule has 2 amide bonds. The smallest absolute Gasteiger partial charge is 0.273 e. The maximum absolute atomic E-state index is 13.0. The second-order valence-corrected chi connectivity index (χ2v) is 9.07. The lowest BCUT2D eigenvalue weighted by Crippen LogP contribution is -2.57. The van der Waals surface area contributed by atoms with Crippen LogP contribution >= 0.6 is 22.7 Å². The van der Waals surface area contributed by atoms with E-state index in [-0.39, 0.29) is 11.8 Å². The van der Waals surface area contributed by atoms with Gasteiger partial charge in [0.05, 0.1) is 11.5 Å². The second-order valence-electron chi connectivity index (χ2n) is 7.27. The third kappa shape index (κ3) is 3.12. The minimum Gasteiger partial charge on any atom is -0.339 e. The van der Waals surface area contributed by atoms with Crippen molar-refractivity contribution in [1.29, 1.82) is 0 Å². The van der Waals surface area contributed by atoms with Crippen molar-refractivity contribution in [3.05, 3.63) is 58.9 Å². The van der Waals surface area contributed by atoms with E-state index in [0.717, 1.165) is 15.6 Å². The van der Waals surface area contributed by atoms with Crippen molar-refractivity contribution in [2.75, 3.05) is 24.7 Å². The third-order valence-corrected chi connectivity index (χ3v) is 7.62. The number of hydrogen-bond donors (Lipinski definition) is 1. The first-order valence-corrected chi connectivity index (χ1v) is 11.3. The number of nitrogens with zero attached hydrogens (tertiary/aromatic N) is 3. The summed E-state index contributed by atoms with van der Waals surface area (Å²) in [6.45, 7) is 1.59. The van der Waals surface area contributed by atoms with Gasteiger partial charge < -0.3 is 15.1 Å². The number of carbonyl (C=O) groups is 2. The van der Waals surface area contributed by atoms with Gasteiger partial charge in [-0.2, -0.15) is 0 Å². The van der Waals surface area contributed by atoms with Gasteiger partial charge in [-0.05, 0) is 36.4 Å². The number of rotatable bonds is 3. The quantitative estimate of drug-likeness (QED) is 0.700. The van der Waals surface area contributed by atoms with Gasteiger partial charge in [0.15, 0.2) is 0 Å². The first-order valence-electron chi connectivity index (χ1n) is 9.57. The van der Waals surface area contributed by atoms with E-state index in [0.29, 0.717) is 38.3 Å². The highest BCUT2D eigenvalue weighted by Crippen LogP contribution is 2.36. The molecule has 3 aromatic rings. The highest BCUT2D eigenvalue weighted by Gasteiger charge is 2.50. The van der Waals surface area contributed by atoms with Crippen LogP contribution in [-0.2, 0) is 4.79 Å². The molecule has 2 aliphatic heterocycles. The third-order valence-electron chi connectivity index (χ3n) is 5.74. The predicted octanol–water partition coefficient (Wildman–Crippen LogP) is 3.44. The summed E-state index contributed by atoms with van der Waals surface area (Å²) < 4.78 is 0. The number of aromatic nitrogens is 1. The number of likely N-dealkylation sites (tertiary alicyclic amines) is 1. The summed E-state index contributed by atoms with van der Waals surface area (Å²) >= 11 is 3.12. The minimum absolute atomic E-state index is 0.0522. The van der Waals surface area contributed by atoms with E-state index >= 15 is 0 Å². The highest BCUT2D eigenvalue weighted by molar-refractivity contribution is 7.20. The molecule has 6 nitrogen and oxygen atoms in total. The highest BCUT2D eigenvalue weighted by atomic mass is 32.1. The first kappa shape index (κ1) is 18.3. The van der Waals surface area contributed by atoms with Gasteiger partial charge in [0.25, 0.3) is 5.91 Å². The fourth-order valence-electron chi connectivity index (χ4n) is 4.16. The zero-order valence-corrected chi connectivity index (χ0v) is 17.3. The fourth-order valence-corrected chi connectivity index (χ4v) is 5.77. The molecule has 1 aromatic carbocycles. The molecule has 2 fully saturated rings. The molecule has 4 heterocycles. The standard InChI is InChI=1S/C21H20N4O2S2/c26-19(16-13-29-18(23-16)17-7-4-12-28-17)24-10-8-21(9-11-24)20(27)22-14-25(21)15-5-2-1-3-6-15/h1-7,12-13H,8-11,14H2,(H,22,27). The summed E-state index contributed by atoms with van der Waals surface area (Å²) in [6.07, 6.45) is 1.22. The molecule has 0 atom stereocenters. The van der Waals surface area contributed by atoms with E-state index in [2.05, 4.69) is 15.2 Å². The summed E-state index contributed by atoms with van der Waals surface area (Å²) in [7, 11) is 0. The number of anilines is 1. The molecule has 5 rings (SSSR count). The number of amides is 2. The number of piperidine rings is 1. The Labute approximate surface area is 176 Å². The largest absolute Gasteiger partial charge is 0.339 e. The van der Waals surface area contributed by atoms with Crippen LogP contribution in [0.15, 0.2) is 53.2 Å². The number of para-hydroxylation sites is 1. The van der Waals surface area contributed by atoms with Crippen molar-refractivity contribution in [1.82, 2.24) is 15.2 Å². The van der Waals surface area contributed by atoms with E-state index in [1.165, 1.54) is 11.3 Å². The molecule has 2 saturated heterocycles. The number of carbonyl (C=O) groups excluding carboxylic acids is 2. The van der Waals surface area contributed by atoms with Crippen LogP contribution in [0.3, 0.4) is 0 Å². The molecule has 1 spiro atoms. The van der Waals surface area contributed by atoms with Crippen LogP contribution in [0, 0.1) is 0 Å². The maximum Gasteiger partial charge on any atom is 0.273 e. The molecule has 0 aliphatic carbocycles. The summed E-state index contributed by atoms with van der Waals surface area (Å²) in [5.41, 5.74) is 0.943. The fraction of sp³-hybridized carbons (Fsp3) is 0.286. The average molecular weight is 425 g/mol. The Morgan fingerprint density at radius 3 is 2.59 bits per heavy atom. The molecule has 29 heavy (non-hydrogen) atoms. The number of hydrogen-bond acceptors (Lipinski definition) is 6. The zero-order valence-electron chi connectivity index (χ0n) is 15.7. The Hall–Kier alpha value is -2.71. The minimum atomic E-state index is -0.581. The lowest BCUT2D eigenvalue weighted by atomic mass is 9.85. The molecule has 1 N–H and O–H groups in total. The normalized spacial score (nSPS) is 18.3. The van der Waals surface area contributed by atoms with E-state index in [4.69, 9.17) is 0 Å². The van der Waals surface area contributed by atoms with E-state index in [1.54, 1.807) is 11.3 Å². The Bertz CT molecular complexity index is 1020. The van der Waals surface area contributed by atoms with Crippen LogP contribution in [0.4, 0.5) is 5.69 Å². The molecule has 0 radical (unpaired) electrons. The number of nitrogens with one attached hydrogen (secondary N) is 1. The van der Waals surface area contributed by atoms with Crippen molar-refractivity contribution in [2.24, 2.45) is 0 Å². The molecular weight excluding hydrogens is 404 g/mol. The van der Waals surface area contributed by atoms with Crippen molar-refractivity contribution in [2.45, 2.75) is 18.4 Å². The van der Waals surface area contributed by atoms with Gasteiger partial charge in [-0.3, -0.25) is 9.59 Å². The van der Waals surface area contributed by atoms with Crippen LogP contribution in [0.5, 0.6) is 0 Å². The SMILES string of the molecule is O=C(c1csc(-c2cccs2)n1)N1CCC2(CC1)C(=O)NCN2c1ccccc1. The van der Waals surface area contributed by atoms with E-state index in [1.807, 2.05) is 58.1 Å². The molecule has 148 valence electrons. The topological polar surface area (TPSA) is 65.5 Å². The van der Waals surface area contributed by atoms with Crippen LogP contribution in [0.1, 0.15) is 23.3 Å². The van der Waals surface area contributed by atoms with Gasteiger partial charge >= 0.3 is 0 Å². The number of benzene rings is 1. The first-order chi connectivity index (χ1) is 14.2. The summed E-state index contributed by atoms with van der Waals surface area (Å²) in [5.74, 6) is 0.00524. The summed E-state index contributed by atoms with van der Waals surface area (Å²) in [6, 6.07) is 14.0. The number of thiophene rings is 1. The monoisotopic (exact) mass is 424 g/mol. The van der Waals surface area contributed by atoms with Crippen molar-refractivity contribution >= 4 is 40.2 Å². The Balaban J connectivity index is 1.32. The van der Waals surface area contributed by atoms with Crippen molar-refractivity contribution < 1.29 is 9.59 Å². The molecule has 2 aromatic heterocycles. The lowest BCUT2D eigenvalue weighted by molar-refractivity contribution is -0.124. The molecule has 0 saturated carbocycles. The molecule has 0 bridgehead atoms. The van der Waals surface area contributed by atoms with Crippen LogP contribution in [0.2, 0.25) is 0 Å². The van der Waals surface area contributed by atoms with E-state index in [9.17, 15) is 9.59 Å². The Morgan fingerprint density at radius 1 is 1.07 bits per heavy atom. The van der Waals surface area contributed by atoms with Crippen LogP contribution in [0.25, 0.3) is 9.88 Å². The van der Waals surface area contributed by atoms with Gasteiger partial charge in [-0.15, -0.1) is 22.7 Å². The molecule has 2 aliphatic rings. The van der Waals surface area contributed by atoms with Crippen LogP contribution in [-0.4, -0.2) is 47.0 Å². The van der Waals surface area contributed by atoms with Gasteiger partial charge in [0, 0.05) is 24.2 Å². The lowest BCUT2D eigenvalue weighted by Gasteiger charge is -2.43. The molecule has 8 heteroatoms. The van der Waals surface area contributed by atoms with Crippen molar-refractivity contribution in [3.8, 4) is 9.88 Å². The Morgan fingerprint density at radius 2 is 1.86 bits per heavy atom. The van der Waals surface area contributed by atoms with Crippen molar-refractivity contribution in [3.63, 3.8) is 0 Å². The van der Waals surface area contributed by atoms with Gasteiger partial charge in [-0.25, -0.2) is 4.98 Å². The van der Waals surface area contributed by atoms with Gasteiger partial charge in [0.1, 0.15) is 16.2 Å². The maximum atomic E-state index is 13.0. The summed E-state index contributed by atoms with van der Waals surface area (Å²) in [5, 5.41) is 7.72. The molecular formula is C21H20N4O2S2. The Kier molecular flexibility index (Phi) is 4.60. The number of thiazole rings is 1. The van der Waals surface area contributed by atoms with Gasteiger partial charge in [0.2, 0.25) is 5.91 Å². The summed E-state index contributed by atoms with van der Waals surface area (Å²) in [4.78, 5) is 35.3. The zero-order chi connectivity index (χ0) is 19.8. The van der Waals surface area contributed by atoms with Crippen LogP contribution < -0.4 is 10.2 Å². The second kappa shape index (κ2) is 7.27. The van der Waals surface area contributed by atoms with E-state index < -0.39 is 5.54 Å².